The SMILES string of the molecule is CCN1CCN(C(=O)Cc2ccc(NC(=O)CNc3cccc(Cl)c3)cc2)CC1. The summed E-state index contributed by atoms with van der Waals surface area (Å²) in [5.74, 6) is 0.00542. The average Bonchev–Trinajstić information content (AvgIpc) is 2.74. The molecule has 2 amide bonds. The molecule has 0 aromatic heterocycles. The van der Waals surface area contributed by atoms with Crippen molar-refractivity contribution in [3.63, 3.8) is 0 Å². The summed E-state index contributed by atoms with van der Waals surface area (Å²) in [6.07, 6.45) is 0.386. The Kier molecular flexibility index (Phi) is 7.49. The van der Waals surface area contributed by atoms with E-state index in [2.05, 4.69) is 22.5 Å². The van der Waals surface area contributed by atoms with Gasteiger partial charge in [-0.3, -0.25) is 9.59 Å². The fourth-order valence-corrected chi connectivity index (χ4v) is 3.48. The number of anilines is 2. The van der Waals surface area contributed by atoms with Crippen LogP contribution in [-0.2, 0) is 16.0 Å². The second-order valence-electron chi connectivity index (χ2n) is 7.10. The molecule has 0 aliphatic carbocycles. The Morgan fingerprint density at radius 2 is 1.72 bits per heavy atom. The highest BCUT2D eigenvalue weighted by molar-refractivity contribution is 6.30. The molecule has 29 heavy (non-hydrogen) atoms. The first-order valence-electron chi connectivity index (χ1n) is 9.92. The third kappa shape index (κ3) is 6.48. The van der Waals surface area contributed by atoms with Gasteiger partial charge >= 0.3 is 0 Å². The highest BCUT2D eigenvalue weighted by Crippen LogP contribution is 2.15. The van der Waals surface area contributed by atoms with Gasteiger partial charge in [0, 0.05) is 42.6 Å². The van der Waals surface area contributed by atoms with Crippen molar-refractivity contribution in [2.24, 2.45) is 0 Å². The molecule has 0 bridgehead atoms. The summed E-state index contributed by atoms with van der Waals surface area (Å²) in [4.78, 5) is 28.9. The van der Waals surface area contributed by atoms with Gasteiger partial charge in [0.15, 0.2) is 0 Å². The van der Waals surface area contributed by atoms with Crippen LogP contribution >= 0.6 is 11.6 Å². The molecule has 3 rings (SSSR count). The number of carbonyl (C=O) groups excluding carboxylic acids is 2. The van der Waals surface area contributed by atoms with Crippen LogP contribution < -0.4 is 10.6 Å². The number of nitrogens with one attached hydrogen (secondary N) is 2. The third-order valence-corrected chi connectivity index (χ3v) is 5.28. The number of benzene rings is 2. The van der Waals surface area contributed by atoms with Crippen molar-refractivity contribution in [1.29, 1.82) is 0 Å². The van der Waals surface area contributed by atoms with Gasteiger partial charge in [-0.15, -0.1) is 0 Å². The van der Waals surface area contributed by atoms with Crippen LogP contribution in [0.4, 0.5) is 11.4 Å². The summed E-state index contributed by atoms with van der Waals surface area (Å²) in [6.45, 7) is 6.78. The van der Waals surface area contributed by atoms with Crippen LogP contribution in [0.25, 0.3) is 0 Å². The lowest BCUT2D eigenvalue weighted by atomic mass is 10.1. The maximum absolute atomic E-state index is 12.5. The van der Waals surface area contributed by atoms with Crippen LogP contribution in [0.3, 0.4) is 0 Å². The van der Waals surface area contributed by atoms with Gasteiger partial charge in [-0.1, -0.05) is 36.7 Å². The van der Waals surface area contributed by atoms with Crippen LogP contribution in [0.2, 0.25) is 5.02 Å². The minimum absolute atomic E-state index is 0.143. The van der Waals surface area contributed by atoms with Gasteiger partial charge in [0.2, 0.25) is 11.8 Å². The van der Waals surface area contributed by atoms with E-state index in [1.807, 2.05) is 41.3 Å². The number of nitrogens with zero attached hydrogens (tertiary/aromatic N) is 2. The summed E-state index contributed by atoms with van der Waals surface area (Å²) >= 11 is 5.93. The molecule has 154 valence electrons. The molecular formula is C22H27ClN4O2. The van der Waals surface area contributed by atoms with E-state index in [0.29, 0.717) is 17.1 Å². The van der Waals surface area contributed by atoms with Gasteiger partial charge in [0.25, 0.3) is 0 Å². The van der Waals surface area contributed by atoms with Crippen molar-refractivity contribution in [1.82, 2.24) is 9.80 Å². The zero-order valence-electron chi connectivity index (χ0n) is 16.7. The predicted octanol–water partition coefficient (Wildman–Crippen LogP) is 3.10. The molecule has 2 aromatic rings. The molecule has 0 saturated carbocycles. The van der Waals surface area contributed by atoms with Crippen molar-refractivity contribution in [3.8, 4) is 0 Å². The van der Waals surface area contributed by atoms with Crippen molar-refractivity contribution >= 4 is 34.8 Å². The van der Waals surface area contributed by atoms with E-state index in [4.69, 9.17) is 11.6 Å². The van der Waals surface area contributed by atoms with E-state index < -0.39 is 0 Å². The van der Waals surface area contributed by atoms with Gasteiger partial charge in [0.1, 0.15) is 0 Å². The number of hydrogen-bond acceptors (Lipinski definition) is 4. The number of hydrogen-bond donors (Lipinski definition) is 2. The molecule has 0 unspecified atom stereocenters. The lowest BCUT2D eigenvalue weighted by molar-refractivity contribution is -0.132. The molecule has 1 saturated heterocycles. The first-order chi connectivity index (χ1) is 14.0. The number of rotatable bonds is 7. The summed E-state index contributed by atoms with van der Waals surface area (Å²) in [5, 5.41) is 6.50. The predicted molar refractivity (Wildman–Crippen MR) is 117 cm³/mol. The van der Waals surface area contributed by atoms with E-state index in [1.54, 1.807) is 12.1 Å². The molecule has 6 nitrogen and oxygen atoms in total. The highest BCUT2D eigenvalue weighted by atomic mass is 35.5. The zero-order chi connectivity index (χ0) is 20.6. The van der Waals surface area contributed by atoms with Crippen LogP contribution in [-0.4, -0.2) is 60.9 Å². The summed E-state index contributed by atoms with van der Waals surface area (Å²) < 4.78 is 0. The lowest BCUT2D eigenvalue weighted by Gasteiger charge is -2.34. The molecule has 0 spiro atoms. The summed E-state index contributed by atoms with van der Waals surface area (Å²) in [6, 6.07) is 14.7. The Morgan fingerprint density at radius 1 is 1.00 bits per heavy atom. The maximum atomic E-state index is 12.5. The maximum Gasteiger partial charge on any atom is 0.243 e. The normalized spacial score (nSPS) is 14.5. The zero-order valence-corrected chi connectivity index (χ0v) is 17.4. The second kappa shape index (κ2) is 10.3. The van der Waals surface area contributed by atoms with Crippen molar-refractivity contribution in [2.75, 3.05) is 49.9 Å². The number of amides is 2. The molecule has 1 fully saturated rings. The molecule has 0 radical (unpaired) electrons. The van der Waals surface area contributed by atoms with E-state index >= 15 is 0 Å². The quantitative estimate of drug-likeness (QED) is 0.730. The molecule has 1 aliphatic rings. The van der Waals surface area contributed by atoms with E-state index in [-0.39, 0.29) is 18.4 Å². The van der Waals surface area contributed by atoms with Crippen LogP contribution in [0.5, 0.6) is 0 Å². The van der Waals surface area contributed by atoms with Crippen molar-refractivity contribution in [2.45, 2.75) is 13.3 Å². The molecule has 0 atom stereocenters. The van der Waals surface area contributed by atoms with Gasteiger partial charge in [0.05, 0.1) is 13.0 Å². The highest BCUT2D eigenvalue weighted by Gasteiger charge is 2.20. The Morgan fingerprint density at radius 3 is 2.38 bits per heavy atom. The van der Waals surface area contributed by atoms with Gasteiger partial charge in [-0.2, -0.15) is 0 Å². The Labute approximate surface area is 176 Å². The van der Waals surface area contributed by atoms with Crippen molar-refractivity contribution < 1.29 is 9.59 Å². The van der Waals surface area contributed by atoms with Gasteiger partial charge < -0.3 is 20.4 Å². The Hall–Kier alpha value is -2.57. The minimum atomic E-state index is -0.150. The van der Waals surface area contributed by atoms with Crippen LogP contribution in [0.1, 0.15) is 12.5 Å². The molecule has 2 N–H and O–H groups in total. The second-order valence-corrected chi connectivity index (χ2v) is 7.54. The fraction of sp³-hybridized carbons (Fsp3) is 0.364. The van der Waals surface area contributed by atoms with Crippen molar-refractivity contribution in [3.05, 3.63) is 59.1 Å². The number of carbonyl (C=O) groups is 2. The summed E-state index contributed by atoms with van der Waals surface area (Å²) in [7, 11) is 0. The molecular weight excluding hydrogens is 388 g/mol. The largest absolute Gasteiger partial charge is 0.376 e. The first kappa shape index (κ1) is 21.1. The summed E-state index contributed by atoms with van der Waals surface area (Å²) in [5.41, 5.74) is 2.44. The minimum Gasteiger partial charge on any atom is -0.376 e. The number of likely N-dealkylation sites (N-methyl/N-ethyl adjacent to an activating group) is 1. The molecule has 1 aliphatic heterocycles. The Bertz CT molecular complexity index is 833. The molecule has 2 aromatic carbocycles. The fourth-order valence-electron chi connectivity index (χ4n) is 3.29. The Balaban J connectivity index is 1.44. The molecule has 7 heteroatoms. The first-order valence-corrected chi connectivity index (χ1v) is 10.3. The average molecular weight is 415 g/mol. The number of halogens is 1. The monoisotopic (exact) mass is 414 g/mol. The van der Waals surface area contributed by atoms with Gasteiger partial charge in [-0.25, -0.2) is 0 Å². The molecule has 1 heterocycles. The van der Waals surface area contributed by atoms with E-state index in [1.165, 1.54) is 0 Å². The van der Waals surface area contributed by atoms with Crippen LogP contribution in [0, 0.1) is 0 Å². The smallest absolute Gasteiger partial charge is 0.243 e. The third-order valence-electron chi connectivity index (χ3n) is 5.04. The van der Waals surface area contributed by atoms with E-state index in [9.17, 15) is 9.59 Å². The van der Waals surface area contributed by atoms with E-state index in [0.717, 1.165) is 44.0 Å². The number of piperazine rings is 1. The van der Waals surface area contributed by atoms with Gasteiger partial charge in [-0.05, 0) is 42.4 Å². The standard InChI is InChI=1S/C22H27ClN4O2/c1-2-26-10-12-27(13-11-26)22(29)14-17-6-8-19(9-7-17)25-21(28)16-24-20-5-3-4-18(23)15-20/h3-9,15,24H,2,10-14,16H2,1H3,(H,25,28). The van der Waals surface area contributed by atoms with Crippen LogP contribution in [0.15, 0.2) is 48.5 Å². The topological polar surface area (TPSA) is 64.7 Å². The lowest BCUT2D eigenvalue weighted by Crippen LogP contribution is -2.48.